The topological polar surface area (TPSA) is 35.0 Å². The fraction of sp³-hybridized carbons (Fsp3) is 0.565. The van der Waals surface area contributed by atoms with E-state index in [1.165, 1.54) is 63.4 Å². The third kappa shape index (κ3) is 5.30. The third-order valence-electron chi connectivity index (χ3n) is 5.87. The van der Waals surface area contributed by atoms with Crippen LogP contribution < -0.4 is 4.74 Å². The zero-order valence-electron chi connectivity index (χ0n) is 16.3. The summed E-state index contributed by atoms with van der Waals surface area (Å²) < 4.78 is 5.07. The Morgan fingerprint density at radius 2 is 1.58 bits per heavy atom. The number of aryl methyl sites for hydroxylation is 1. The van der Waals surface area contributed by atoms with Gasteiger partial charge in [-0.05, 0) is 36.3 Å². The number of ether oxygens (including phenoxy) is 1. The van der Waals surface area contributed by atoms with E-state index in [1.54, 1.807) is 7.11 Å². The van der Waals surface area contributed by atoms with Crippen LogP contribution in [0.15, 0.2) is 36.4 Å². The molecule has 3 heteroatoms. The monoisotopic (exact) mass is 352 g/mol. The number of methoxy groups -OCH3 is 1. The van der Waals surface area contributed by atoms with Crippen LogP contribution in [-0.2, 0) is 6.42 Å². The first-order valence-electron chi connectivity index (χ1n) is 10.3. The molecule has 2 aromatic rings. The van der Waals surface area contributed by atoms with Gasteiger partial charge >= 0.3 is 0 Å². The normalized spacial score (nSPS) is 20.1. The molecule has 1 aromatic carbocycles. The van der Waals surface area contributed by atoms with E-state index in [0.29, 0.717) is 5.88 Å². The van der Waals surface area contributed by atoms with Crippen LogP contribution in [0.5, 0.6) is 5.88 Å². The molecule has 0 bridgehead atoms. The quantitative estimate of drug-likeness (QED) is 0.577. The standard InChI is InChI=1S/C23H32N2O/c1-3-4-5-18-6-8-19(9-7-18)10-11-20-12-14-21(15-13-20)22-16-17-23(26-2)25-24-22/h12-19H,3-11H2,1-2H3. The minimum Gasteiger partial charge on any atom is -0.480 e. The zero-order chi connectivity index (χ0) is 18.2. The van der Waals surface area contributed by atoms with Gasteiger partial charge in [-0.25, -0.2) is 0 Å². The molecule has 0 amide bonds. The Labute approximate surface area is 158 Å². The van der Waals surface area contributed by atoms with Crippen molar-refractivity contribution in [3.8, 4) is 17.1 Å². The molecule has 0 spiro atoms. The summed E-state index contributed by atoms with van der Waals surface area (Å²) in [5.74, 6) is 2.49. The van der Waals surface area contributed by atoms with E-state index in [1.807, 2.05) is 12.1 Å². The van der Waals surface area contributed by atoms with Crippen LogP contribution in [0.4, 0.5) is 0 Å². The van der Waals surface area contributed by atoms with Crippen molar-refractivity contribution in [3.63, 3.8) is 0 Å². The minimum atomic E-state index is 0.551. The van der Waals surface area contributed by atoms with Crippen LogP contribution in [0.25, 0.3) is 11.3 Å². The van der Waals surface area contributed by atoms with Gasteiger partial charge in [-0.2, -0.15) is 0 Å². The van der Waals surface area contributed by atoms with E-state index in [-0.39, 0.29) is 0 Å². The lowest BCUT2D eigenvalue weighted by Gasteiger charge is -2.28. The number of benzene rings is 1. The highest BCUT2D eigenvalue weighted by molar-refractivity contribution is 5.58. The number of hydrogen-bond acceptors (Lipinski definition) is 3. The first-order valence-corrected chi connectivity index (χ1v) is 10.3. The van der Waals surface area contributed by atoms with E-state index in [9.17, 15) is 0 Å². The summed E-state index contributed by atoms with van der Waals surface area (Å²) in [6.07, 6.45) is 12.5. The molecule has 1 aromatic heterocycles. The van der Waals surface area contributed by atoms with Gasteiger partial charge in [0.05, 0.1) is 12.8 Å². The zero-order valence-corrected chi connectivity index (χ0v) is 16.3. The molecule has 0 unspecified atom stereocenters. The number of hydrogen-bond donors (Lipinski definition) is 0. The summed E-state index contributed by atoms with van der Waals surface area (Å²) in [4.78, 5) is 0. The van der Waals surface area contributed by atoms with Crippen molar-refractivity contribution in [1.29, 1.82) is 0 Å². The summed E-state index contributed by atoms with van der Waals surface area (Å²) in [6, 6.07) is 12.6. The van der Waals surface area contributed by atoms with E-state index in [0.717, 1.165) is 23.1 Å². The Balaban J connectivity index is 1.46. The van der Waals surface area contributed by atoms with Crippen LogP contribution in [0, 0.1) is 11.8 Å². The van der Waals surface area contributed by atoms with E-state index in [2.05, 4.69) is 41.4 Å². The highest BCUT2D eigenvalue weighted by Gasteiger charge is 2.20. The van der Waals surface area contributed by atoms with Crippen molar-refractivity contribution in [2.45, 2.75) is 64.7 Å². The fourth-order valence-electron chi connectivity index (χ4n) is 4.10. The maximum atomic E-state index is 5.07. The first-order chi connectivity index (χ1) is 12.8. The Kier molecular flexibility index (Phi) is 7.04. The lowest BCUT2D eigenvalue weighted by Crippen LogP contribution is -2.15. The Morgan fingerprint density at radius 3 is 2.15 bits per heavy atom. The predicted octanol–water partition coefficient (Wildman–Crippen LogP) is 6.08. The molecule has 0 aliphatic heterocycles. The van der Waals surface area contributed by atoms with E-state index < -0.39 is 0 Å². The summed E-state index contributed by atoms with van der Waals surface area (Å²) in [6.45, 7) is 2.30. The average molecular weight is 353 g/mol. The van der Waals surface area contributed by atoms with Gasteiger partial charge in [-0.1, -0.05) is 76.1 Å². The molecular weight excluding hydrogens is 320 g/mol. The Morgan fingerprint density at radius 1 is 0.885 bits per heavy atom. The van der Waals surface area contributed by atoms with Crippen molar-refractivity contribution >= 4 is 0 Å². The highest BCUT2D eigenvalue weighted by atomic mass is 16.5. The smallest absolute Gasteiger partial charge is 0.233 e. The molecule has 1 aliphatic carbocycles. The van der Waals surface area contributed by atoms with Crippen molar-refractivity contribution in [2.24, 2.45) is 11.8 Å². The van der Waals surface area contributed by atoms with Crippen LogP contribution >= 0.6 is 0 Å². The lowest BCUT2D eigenvalue weighted by molar-refractivity contribution is 0.250. The second-order valence-electron chi connectivity index (χ2n) is 7.73. The molecule has 140 valence electrons. The fourth-order valence-corrected chi connectivity index (χ4v) is 4.10. The molecule has 0 saturated heterocycles. The molecule has 1 heterocycles. The second kappa shape index (κ2) is 9.70. The van der Waals surface area contributed by atoms with Gasteiger partial charge in [0.25, 0.3) is 0 Å². The summed E-state index contributed by atoms with van der Waals surface area (Å²) in [5.41, 5.74) is 3.44. The van der Waals surface area contributed by atoms with E-state index >= 15 is 0 Å². The lowest BCUT2D eigenvalue weighted by atomic mass is 9.78. The molecule has 26 heavy (non-hydrogen) atoms. The van der Waals surface area contributed by atoms with Crippen LogP contribution in [-0.4, -0.2) is 17.3 Å². The van der Waals surface area contributed by atoms with Gasteiger partial charge in [0.1, 0.15) is 0 Å². The van der Waals surface area contributed by atoms with Gasteiger partial charge in [-0.15, -0.1) is 10.2 Å². The van der Waals surface area contributed by atoms with Gasteiger partial charge in [0.2, 0.25) is 5.88 Å². The number of unbranched alkanes of at least 4 members (excludes halogenated alkanes) is 1. The summed E-state index contributed by atoms with van der Waals surface area (Å²) >= 11 is 0. The maximum Gasteiger partial charge on any atom is 0.233 e. The molecule has 0 radical (unpaired) electrons. The average Bonchev–Trinajstić information content (AvgIpc) is 2.72. The molecule has 3 nitrogen and oxygen atoms in total. The molecule has 0 N–H and O–H groups in total. The van der Waals surface area contributed by atoms with Crippen LogP contribution in [0.2, 0.25) is 0 Å². The number of rotatable bonds is 8. The molecule has 3 rings (SSSR count). The molecule has 1 aliphatic rings. The molecule has 1 fully saturated rings. The van der Waals surface area contributed by atoms with Crippen molar-refractivity contribution in [2.75, 3.05) is 7.11 Å². The predicted molar refractivity (Wildman–Crippen MR) is 107 cm³/mol. The summed E-state index contributed by atoms with van der Waals surface area (Å²) in [7, 11) is 1.61. The van der Waals surface area contributed by atoms with Crippen molar-refractivity contribution < 1.29 is 4.74 Å². The van der Waals surface area contributed by atoms with Crippen LogP contribution in [0.3, 0.4) is 0 Å². The van der Waals surface area contributed by atoms with Crippen molar-refractivity contribution in [3.05, 3.63) is 42.0 Å². The highest BCUT2D eigenvalue weighted by Crippen LogP contribution is 2.34. The molecule has 1 saturated carbocycles. The summed E-state index contributed by atoms with van der Waals surface area (Å²) in [5, 5.41) is 8.27. The number of nitrogens with zero attached hydrogens (tertiary/aromatic N) is 2. The second-order valence-corrected chi connectivity index (χ2v) is 7.73. The van der Waals surface area contributed by atoms with Gasteiger partial charge in [0.15, 0.2) is 0 Å². The first kappa shape index (κ1) is 18.9. The molecule has 0 atom stereocenters. The van der Waals surface area contributed by atoms with Gasteiger partial charge in [-0.3, -0.25) is 0 Å². The minimum absolute atomic E-state index is 0.551. The maximum absolute atomic E-state index is 5.07. The number of aromatic nitrogens is 2. The SMILES string of the molecule is CCCCC1CCC(CCc2ccc(-c3ccc(OC)nn3)cc2)CC1. The Hall–Kier alpha value is -1.90. The Bertz CT molecular complexity index is 643. The third-order valence-corrected chi connectivity index (χ3v) is 5.87. The van der Waals surface area contributed by atoms with Crippen LogP contribution in [0.1, 0.15) is 63.9 Å². The van der Waals surface area contributed by atoms with Gasteiger partial charge in [0, 0.05) is 11.6 Å². The van der Waals surface area contributed by atoms with Crippen molar-refractivity contribution in [1.82, 2.24) is 10.2 Å². The van der Waals surface area contributed by atoms with E-state index in [4.69, 9.17) is 4.74 Å². The molecular formula is C23H32N2O. The van der Waals surface area contributed by atoms with Gasteiger partial charge < -0.3 is 4.74 Å². The largest absolute Gasteiger partial charge is 0.480 e.